The number of unbranched alkanes of at least 4 members (excludes halogenated alkanes) is 1. The molecule has 0 aliphatic rings. The topological polar surface area (TPSA) is 101 Å². The number of hydrogen-bond donors (Lipinski definition) is 2. The zero-order valence-electron chi connectivity index (χ0n) is 16.8. The number of benzene rings is 1. The van der Waals surface area contributed by atoms with Crippen molar-refractivity contribution in [2.45, 2.75) is 33.2 Å². The molecule has 3 N–H and O–H groups in total. The summed E-state index contributed by atoms with van der Waals surface area (Å²) in [5, 5.41) is 0.636. The average molecular weight is 447 g/mol. The fraction of sp³-hybridized carbons (Fsp3) is 0.286. The van der Waals surface area contributed by atoms with Crippen molar-refractivity contribution in [3.05, 3.63) is 67.1 Å². The fourth-order valence-electron chi connectivity index (χ4n) is 3.13. The van der Waals surface area contributed by atoms with E-state index in [1.165, 1.54) is 20.8 Å². The minimum absolute atomic E-state index is 0.000328. The summed E-state index contributed by atoms with van der Waals surface area (Å²) in [6, 6.07) is 10.9. The van der Waals surface area contributed by atoms with Gasteiger partial charge in [0, 0.05) is 23.0 Å². The van der Waals surface area contributed by atoms with Crippen molar-refractivity contribution >= 4 is 40.4 Å². The van der Waals surface area contributed by atoms with Gasteiger partial charge < -0.3 is 10.6 Å². The molecule has 7 nitrogen and oxygen atoms in total. The van der Waals surface area contributed by atoms with Gasteiger partial charge in [-0.05, 0) is 43.2 Å². The van der Waals surface area contributed by atoms with Crippen molar-refractivity contribution < 1.29 is 4.79 Å². The van der Waals surface area contributed by atoms with Crippen LogP contribution >= 0.6 is 22.9 Å². The summed E-state index contributed by atoms with van der Waals surface area (Å²) >= 11 is 7.26. The van der Waals surface area contributed by atoms with Crippen LogP contribution in [0.2, 0.25) is 5.02 Å². The highest BCUT2D eigenvalue weighted by molar-refractivity contribution is 7.17. The summed E-state index contributed by atoms with van der Waals surface area (Å²) < 4.78 is 1.31. The van der Waals surface area contributed by atoms with Crippen LogP contribution in [0.5, 0.6) is 0 Å². The Bertz CT molecular complexity index is 1160. The molecule has 3 aromatic rings. The van der Waals surface area contributed by atoms with E-state index in [-0.39, 0.29) is 24.0 Å². The number of hydrogen-bond acceptors (Lipinski definition) is 5. The van der Waals surface area contributed by atoms with Gasteiger partial charge in [0.05, 0.1) is 4.88 Å². The Labute approximate surface area is 182 Å². The minimum atomic E-state index is -0.671. The van der Waals surface area contributed by atoms with Crippen molar-refractivity contribution in [3.63, 3.8) is 0 Å². The Morgan fingerprint density at radius 3 is 2.50 bits per heavy atom. The van der Waals surface area contributed by atoms with E-state index in [1.807, 2.05) is 25.1 Å². The second kappa shape index (κ2) is 9.32. The summed E-state index contributed by atoms with van der Waals surface area (Å²) in [7, 11) is 0. The molecule has 3 rings (SSSR count). The van der Waals surface area contributed by atoms with Crippen LogP contribution in [0.15, 0.2) is 46.0 Å². The second-order valence-corrected chi connectivity index (χ2v) is 8.24. The fourth-order valence-corrected chi connectivity index (χ4v) is 4.22. The lowest BCUT2D eigenvalue weighted by molar-refractivity contribution is 0.0992. The van der Waals surface area contributed by atoms with Gasteiger partial charge in [-0.2, -0.15) is 0 Å². The number of nitrogen functional groups attached to an aromatic ring is 1. The van der Waals surface area contributed by atoms with Crippen LogP contribution in [-0.4, -0.2) is 22.0 Å². The summed E-state index contributed by atoms with van der Waals surface area (Å²) in [5.74, 6) is -0.345. The van der Waals surface area contributed by atoms with Crippen molar-refractivity contribution in [3.8, 4) is 10.4 Å². The van der Waals surface area contributed by atoms with Gasteiger partial charge >= 0.3 is 5.69 Å². The zero-order valence-corrected chi connectivity index (χ0v) is 18.3. The van der Waals surface area contributed by atoms with Gasteiger partial charge in [-0.1, -0.05) is 37.1 Å². The Balaban J connectivity index is 1.99. The monoisotopic (exact) mass is 446 g/mol. The van der Waals surface area contributed by atoms with E-state index >= 15 is 0 Å². The largest absolute Gasteiger partial charge is 0.383 e. The number of amides is 1. The van der Waals surface area contributed by atoms with E-state index in [9.17, 15) is 14.4 Å². The Morgan fingerprint density at radius 2 is 1.87 bits per heavy atom. The molecule has 0 saturated heterocycles. The van der Waals surface area contributed by atoms with Gasteiger partial charge in [-0.15, -0.1) is 11.3 Å². The third-order valence-electron chi connectivity index (χ3n) is 4.73. The molecular formula is C21H23ClN4O3S. The lowest BCUT2D eigenvalue weighted by Gasteiger charge is -2.22. The number of aromatic amines is 1. The molecule has 0 bridgehead atoms. The maximum absolute atomic E-state index is 13.2. The number of nitrogens with zero attached hydrogens (tertiary/aromatic N) is 2. The quantitative estimate of drug-likeness (QED) is 0.573. The molecule has 0 saturated carbocycles. The van der Waals surface area contributed by atoms with Gasteiger partial charge in [-0.3, -0.25) is 19.1 Å². The second-order valence-electron chi connectivity index (χ2n) is 6.72. The van der Waals surface area contributed by atoms with E-state index in [0.29, 0.717) is 16.4 Å². The predicted octanol–water partition coefficient (Wildman–Crippen LogP) is 3.97. The SMILES string of the molecule is CCCCn1c(N)c(N(CC)C(=O)c2ccc(-c3ccc(Cl)cc3)s2)c(=O)[nH]c1=O. The predicted molar refractivity (Wildman–Crippen MR) is 123 cm³/mol. The van der Waals surface area contributed by atoms with Crippen LogP contribution in [0.3, 0.4) is 0 Å². The Hall–Kier alpha value is -2.84. The summed E-state index contributed by atoms with van der Waals surface area (Å²) in [6.07, 6.45) is 1.59. The van der Waals surface area contributed by atoms with Gasteiger partial charge in [-0.25, -0.2) is 4.79 Å². The molecule has 30 heavy (non-hydrogen) atoms. The van der Waals surface area contributed by atoms with Crippen LogP contribution in [0.4, 0.5) is 11.5 Å². The van der Waals surface area contributed by atoms with Crippen molar-refractivity contribution in [2.24, 2.45) is 0 Å². The van der Waals surface area contributed by atoms with E-state index in [1.54, 1.807) is 25.1 Å². The van der Waals surface area contributed by atoms with Crippen molar-refractivity contribution in [1.29, 1.82) is 0 Å². The van der Waals surface area contributed by atoms with Gasteiger partial charge in [0.15, 0.2) is 5.69 Å². The first-order chi connectivity index (χ1) is 14.4. The molecule has 9 heteroatoms. The third-order valence-corrected chi connectivity index (χ3v) is 6.10. The molecule has 0 unspecified atom stereocenters. The molecule has 0 spiro atoms. The maximum atomic E-state index is 13.2. The number of H-pyrrole nitrogens is 1. The van der Waals surface area contributed by atoms with Crippen LogP contribution in [0.25, 0.3) is 10.4 Å². The van der Waals surface area contributed by atoms with E-state index in [0.717, 1.165) is 23.3 Å². The lowest BCUT2D eigenvalue weighted by Crippen LogP contribution is -2.41. The molecule has 0 atom stereocenters. The highest BCUT2D eigenvalue weighted by Crippen LogP contribution is 2.30. The zero-order chi connectivity index (χ0) is 21.8. The van der Waals surface area contributed by atoms with Gasteiger partial charge in [0.25, 0.3) is 11.5 Å². The highest BCUT2D eigenvalue weighted by Gasteiger charge is 2.25. The smallest absolute Gasteiger partial charge is 0.330 e. The molecular weight excluding hydrogens is 424 g/mol. The number of carbonyl (C=O) groups is 1. The molecule has 158 valence electrons. The number of carbonyl (C=O) groups excluding carboxylic acids is 1. The molecule has 2 aromatic heterocycles. The number of rotatable bonds is 7. The van der Waals surface area contributed by atoms with E-state index in [4.69, 9.17) is 17.3 Å². The molecule has 2 heterocycles. The van der Waals surface area contributed by atoms with Crippen LogP contribution in [0, 0.1) is 0 Å². The lowest BCUT2D eigenvalue weighted by atomic mass is 10.2. The first-order valence-corrected chi connectivity index (χ1v) is 10.9. The molecule has 0 aliphatic heterocycles. The van der Waals surface area contributed by atoms with Crippen molar-refractivity contribution in [1.82, 2.24) is 9.55 Å². The molecule has 0 aliphatic carbocycles. The number of thiophene rings is 1. The minimum Gasteiger partial charge on any atom is -0.383 e. The van der Waals surface area contributed by atoms with Crippen LogP contribution < -0.4 is 21.9 Å². The standard InChI is InChI=1S/C21H23ClN4O3S/c1-3-5-12-26-18(23)17(19(27)24-21(26)29)25(4-2)20(28)16-11-10-15(30-16)13-6-8-14(22)9-7-13/h6-11H,3-5,12,23H2,1-2H3,(H,24,27,29). The molecule has 1 aromatic carbocycles. The average Bonchev–Trinajstić information content (AvgIpc) is 3.21. The number of halogens is 1. The maximum Gasteiger partial charge on any atom is 0.330 e. The van der Waals surface area contributed by atoms with E-state index < -0.39 is 11.2 Å². The van der Waals surface area contributed by atoms with Gasteiger partial charge in [0.2, 0.25) is 0 Å². The molecule has 1 amide bonds. The number of anilines is 2. The van der Waals surface area contributed by atoms with Crippen LogP contribution in [0.1, 0.15) is 36.4 Å². The molecule has 0 fully saturated rings. The number of nitrogens with two attached hydrogens (primary N) is 1. The van der Waals surface area contributed by atoms with Crippen LogP contribution in [-0.2, 0) is 6.54 Å². The Kier molecular flexibility index (Phi) is 6.79. The van der Waals surface area contributed by atoms with E-state index in [2.05, 4.69) is 4.98 Å². The Morgan fingerprint density at radius 1 is 1.17 bits per heavy atom. The summed E-state index contributed by atoms with van der Waals surface area (Å²) in [4.78, 5) is 42.9. The number of aromatic nitrogens is 2. The summed E-state index contributed by atoms with van der Waals surface area (Å²) in [5.41, 5.74) is 5.87. The first kappa shape index (κ1) is 21.9. The third kappa shape index (κ3) is 4.34. The first-order valence-electron chi connectivity index (χ1n) is 9.67. The molecule has 0 radical (unpaired) electrons. The van der Waals surface area contributed by atoms with Crippen molar-refractivity contribution in [2.75, 3.05) is 17.2 Å². The van der Waals surface area contributed by atoms with Gasteiger partial charge in [0.1, 0.15) is 5.82 Å². The summed E-state index contributed by atoms with van der Waals surface area (Å²) in [6.45, 7) is 4.35. The normalized spacial score (nSPS) is 10.9. The number of nitrogens with one attached hydrogen (secondary N) is 1. The highest BCUT2D eigenvalue weighted by atomic mass is 35.5.